The normalized spacial score (nSPS) is 8.06. The first-order chi connectivity index (χ1) is 8.02. The van der Waals surface area contributed by atoms with Crippen LogP contribution in [0.5, 0.6) is 0 Å². The molecule has 6 nitrogen and oxygen atoms in total. The van der Waals surface area contributed by atoms with E-state index in [4.69, 9.17) is 0 Å². The second-order valence-electron chi connectivity index (χ2n) is 2.49. The molecule has 0 aliphatic rings. The molecule has 17 heavy (non-hydrogen) atoms. The summed E-state index contributed by atoms with van der Waals surface area (Å²) in [5.41, 5.74) is -0.0814. The van der Waals surface area contributed by atoms with E-state index in [0.717, 1.165) is 6.07 Å². The SMILES string of the molecule is CC.CC.Cc1ccc([N+](=O)[O-])cc1[N+](=O)[O-]. The van der Waals surface area contributed by atoms with Crippen LogP contribution in [0, 0.1) is 27.2 Å². The molecule has 1 aromatic carbocycles. The maximum atomic E-state index is 10.4. The van der Waals surface area contributed by atoms with Crippen molar-refractivity contribution in [1.29, 1.82) is 0 Å². The summed E-state index contributed by atoms with van der Waals surface area (Å²) < 4.78 is 0. The van der Waals surface area contributed by atoms with Crippen molar-refractivity contribution in [3.8, 4) is 0 Å². The third kappa shape index (κ3) is 5.60. The number of hydrogen-bond donors (Lipinski definition) is 0. The van der Waals surface area contributed by atoms with Gasteiger partial charge in [0.2, 0.25) is 0 Å². The second-order valence-corrected chi connectivity index (χ2v) is 2.49. The highest BCUT2D eigenvalue weighted by Crippen LogP contribution is 2.23. The van der Waals surface area contributed by atoms with Crippen molar-refractivity contribution in [2.75, 3.05) is 0 Å². The number of nitro benzene ring substituents is 2. The summed E-state index contributed by atoms with van der Waals surface area (Å²) in [7, 11) is 0. The van der Waals surface area contributed by atoms with Crippen LogP contribution in [0.2, 0.25) is 0 Å². The largest absolute Gasteiger partial charge is 0.279 e. The van der Waals surface area contributed by atoms with Crippen LogP contribution < -0.4 is 0 Å². The van der Waals surface area contributed by atoms with Crippen LogP contribution in [0.4, 0.5) is 11.4 Å². The molecule has 0 amide bonds. The van der Waals surface area contributed by atoms with Gasteiger partial charge in [0.1, 0.15) is 0 Å². The molecule has 0 unspecified atom stereocenters. The van der Waals surface area contributed by atoms with Crippen LogP contribution >= 0.6 is 0 Å². The van der Waals surface area contributed by atoms with Gasteiger partial charge in [-0.15, -0.1) is 0 Å². The highest BCUT2D eigenvalue weighted by atomic mass is 16.6. The molecule has 0 aliphatic carbocycles. The fraction of sp³-hybridized carbons (Fsp3) is 0.455. The van der Waals surface area contributed by atoms with Crippen molar-refractivity contribution in [3.63, 3.8) is 0 Å². The lowest BCUT2D eigenvalue weighted by molar-refractivity contribution is -0.394. The maximum absolute atomic E-state index is 10.4. The molecule has 1 aromatic rings. The molecule has 0 radical (unpaired) electrons. The third-order valence-electron chi connectivity index (χ3n) is 1.60. The molecule has 6 heteroatoms. The average Bonchev–Trinajstić information content (AvgIpc) is 2.34. The molecule has 0 saturated heterocycles. The minimum absolute atomic E-state index is 0.228. The molecule has 0 aromatic heterocycles. The number of non-ortho nitro benzene ring substituents is 1. The Morgan fingerprint density at radius 2 is 1.41 bits per heavy atom. The lowest BCUT2D eigenvalue weighted by atomic mass is 10.2. The van der Waals surface area contributed by atoms with Crippen molar-refractivity contribution in [2.45, 2.75) is 34.6 Å². The van der Waals surface area contributed by atoms with E-state index < -0.39 is 9.85 Å². The molecule has 0 N–H and O–H groups in total. The molecular formula is C11H18N2O4. The number of rotatable bonds is 2. The lowest BCUT2D eigenvalue weighted by Gasteiger charge is -1.95. The first-order valence-electron chi connectivity index (χ1n) is 5.42. The van der Waals surface area contributed by atoms with Gasteiger partial charge in [-0.05, 0) is 13.0 Å². The zero-order chi connectivity index (χ0) is 14.0. The zero-order valence-electron chi connectivity index (χ0n) is 10.8. The molecule has 0 heterocycles. The van der Waals surface area contributed by atoms with Crippen molar-refractivity contribution in [3.05, 3.63) is 44.0 Å². The van der Waals surface area contributed by atoms with Gasteiger partial charge in [0.25, 0.3) is 11.4 Å². The van der Waals surface area contributed by atoms with Crippen molar-refractivity contribution in [2.24, 2.45) is 0 Å². The Hall–Kier alpha value is -1.98. The van der Waals surface area contributed by atoms with Crippen molar-refractivity contribution >= 4 is 11.4 Å². The Morgan fingerprint density at radius 1 is 0.941 bits per heavy atom. The van der Waals surface area contributed by atoms with Crippen LogP contribution in [-0.4, -0.2) is 9.85 Å². The van der Waals surface area contributed by atoms with E-state index in [2.05, 4.69) is 0 Å². The summed E-state index contributed by atoms with van der Waals surface area (Å²) in [4.78, 5) is 19.4. The maximum Gasteiger partial charge on any atom is 0.279 e. The van der Waals surface area contributed by atoms with E-state index in [-0.39, 0.29) is 11.4 Å². The van der Waals surface area contributed by atoms with E-state index in [1.165, 1.54) is 19.1 Å². The van der Waals surface area contributed by atoms with E-state index in [1.54, 1.807) is 0 Å². The van der Waals surface area contributed by atoms with E-state index in [1.807, 2.05) is 27.7 Å². The Kier molecular flexibility index (Phi) is 9.49. The summed E-state index contributed by atoms with van der Waals surface area (Å²) in [6.45, 7) is 9.53. The molecule has 0 fully saturated rings. The quantitative estimate of drug-likeness (QED) is 0.582. The standard InChI is InChI=1S/C7H6N2O4.2C2H6/c1-5-2-3-6(8(10)11)4-7(5)9(12)13;2*1-2/h2-4H,1H3;2*1-2H3. The summed E-state index contributed by atoms with van der Waals surface area (Å²) in [5, 5.41) is 20.6. The number of benzene rings is 1. The Balaban J connectivity index is 0. The molecule has 0 bridgehead atoms. The van der Waals surface area contributed by atoms with Gasteiger partial charge in [-0.3, -0.25) is 20.2 Å². The summed E-state index contributed by atoms with van der Waals surface area (Å²) in [6.07, 6.45) is 0. The topological polar surface area (TPSA) is 86.3 Å². The fourth-order valence-corrected chi connectivity index (χ4v) is 0.908. The monoisotopic (exact) mass is 242 g/mol. The van der Waals surface area contributed by atoms with E-state index in [0.29, 0.717) is 5.56 Å². The Morgan fingerprint density at radius 3 is 1.76 bits per heavy atom. The van der Waals surface area contributed by atoms with Gasteiger partial charge in [0, 0.05) is 11.6 Å². The molecule has 0 spiro atoms. The second kappa shape index (κ2) is 9.26. The number of hydrogen-bond acceptors (Lipinski definition) is 4. The molecule has 0 saturated carbocycles. The molecule has 0 atom stereocenters. The van der Waals surface area contributed by atoms with Crippen LogP contribution in [0.3, 0.4) is 0 Å². The van der Waals surface area contributed by atoms with Gasteiger partial charge in [0.05, 0.1) is 15.9 Å². The lowest BCUT2D eigenvalue weighted by Crippen LogP contribution is -1.94. The van der Waals surface area contributed by atoms with Crippen molar-refractivity contribution < 1.29 is 9.85 Å². The fourth-order valence-electron chi connectivity index (χ4n) is 0.908. The third-order valence-corrected chi connectivity index (χ3v) is 1.60. The van der Waals surface area contributed by atoms with Gasteiger partial charge in [-0.2, -0.15) is 0 Å². The number of aryl methyl sites for hydroxylation is 1. The van der Waals surface area contributed by atoms with Gasteiger partial charge < -0.3 is 0 Å². The van der Waals surface area contributed by atoms with Gasteiger partial charge >= 0.3 is 0 Å². The molecule has 96 valence electrons. The zero-order valence-corrected chi connectivity index (χ0v) is 10.8. The first-order valence-corrected chi connectivity index (χ1v) is 5.42. The predicted octanol–water partition coefficient (Wildman–Crippen LogP) is 3.86. The van der Waals surface area contributed by atoms with E-state index in [9.17, 15) is 20.2 Å². The molecular weight excluding hydrogens is 224 g/mol. The number of nitrogens with zero attached hydrogens (tertiary/aromatic N) is 2. The van der Waals surface area contributed by atoms with Crippen LogP contribution in [0.15, 0.2) is 18.2 Å². The summed E-state index contributed by atoms with van der Waals surface area (Å²) >= 11 is 0. The molecule has 0 aliphatic heterocycles. The highest BCUT2D eigenvalue weighted by molar-refractivity contribution is 5.48. The van der Waals surface area contributed by atoms with Gasteiger partial charge in [-0.25, -0.2) is 0 Å². The highest BCUT2D eigenvalue weighted by Gasteiger charge is 2.15. The first kappa shape index (κ1) is 17.4. The summed E-state index contributed by atoms with van der Waals surface area (Å²) in [5.74, 6) is 0. The predicted molar refractivity (Wildman–Crippen MR) is 67.2 cm³/mol. The van der Waals surface area contributed by atoms with E-state index >= 15 is 0 Å². The summed E-state index contributed by atoms with van der Waals surface area (Å²) in [6, 6.07) is 3.55. The van der Waals surface area contributed by atoms with Crippen LogP contribution in [0.1, 0.15) is 33.3 Å². The minimum Gasteiger partial charge on any atom is -0.258 e. The molecule has 1 rings (SSSR count). The van der Waals surface area contributed by atoms with Crippen molar-refractivity contribution in [1.82, 2.24) is 0 Å². The Labute approximate surface area is 101 Å². The van der Waals surface area contributed by atoms with Gasteiger partial charge in [0.15, 0.2) is 0 Å². The van der Waals surface area contributed by atoms with Crippen LogP contribution in [-0.2, 0) is 0 Å². The average molecular weight is 242 g/mol. The van der Waals surface area contributed by atoms with Gasteiger partial charge in [-0.1, -0.05) is 27.7 Å². The Bertz CT molecular complexity index is 378. The minimum atomic E-state index is -0.660. The number of nitro groups is 2. The smallest absolute Gasteiger partial charge is 0.258 e. The van der Waals surface area contributed by atoms with Crippen LogP contribution in [0.25, 0.3) is 0 Å².